The lowest BCUT2D eigenvalue weighted by Gasteiger charge is -2.34. The fourth-order valence-electron chi connectivity index (χ4n) is 3.37. The lowest BCUT2D eigenvalue weighted by Crippen LogP contribution is -2.42. The summed E-state index contributed by atoms with van der Waals surface area (Å²) in [4.78, 5) is 7.14. The molecule has 0 aromatic heterocycles. The van der Waals surface area contributed by atoms with Crippen LogP contribution in [0, 0.1) is 5.41 Å². The number of guanidine groups is 1. The fourth-order valence-corrected chi connectivity index (χ4v) is 3.37. The normalized spacial score (nSPS) is 19.6. The maximum absolute atomic E-state index is 9.85. The molecule has 1 aromatic rings. The monoisotopic (exact) mass is 445 g/mol. The number of aliphatic hydroxyl groups excluding tert-OH is 1. The molecule has 0 spiro atoms. The number of aliphatic imine (C=N–C) groups is 1. The summed E-state index contributed by atoms with van der Waals surface area (Å²) >= 11 is 0. The number of rotatable bonds is 4. The Hall–Kier alpha value is -0.860. The van der Waals surface area contributed by atoms with Gasteiger partial charge < -0.3 is 20.1 Å². The van der Waals surface area contributed by atoms with Crippen LogP contribution in [0.5, 0.6) is 0 Å². The van der Waals surface area contributed by atoms with Gasteiger partial charge in [0, 0.05) is 37.4 Å². The Balaban J connectivity index is 0.00000208. The maximum Gasteiger partial charge on any atom is 0.198 e. The third-order valence-electron chi connectivity index (χ3n) is 4.93. The first-order valence-corrected chi connectivity index (χ1v) is 8.60. The predicted octanol–water partition coefficient (Wildman–Crippen LogP) is 2.42. The third kappa shape index (κ3) is 4.21. The molecule has 0 radical (unpaired) electrons. The molecule has 2 aliphatic rings. The zero-order chi connectivity index (χ0) is 16.1. The van der Waals surface area contributed by atoms with E-state index in [1.165, 1.54) is 11.3 Å². The lowest BCUT2D eigenvalue weighted by molar-refractivity contribution is -0.0106. The van der Waals surface area contributed by atoms with E-state index < -0.39 is 0 Å². The molecule has 0 unspecified atom stereocenters. The number of nitrogens with one attached hydrogen (secondary N) is 1. The molecule has 3 rings (SSSR count). The highest BCUT2D eigenvalue weighted by molar-refractivity contribution is 14.0. The summed E-state index contributed by atoms with van der Waals surface area (Å²) in [5.41, 5.74) is 2.50. The number of ether oxygens (including phenoxy) is 1. The van der Waals surface area contributed by atoms with Gasteiger partial charge in [-0.25, -0.2) is 0 Å². The van der Waals surface area contributed by atoms with Crippen LogP contribution in [0.15, 0.2) is 29.3 Å². The standard InChI is InChI=1S/C18H27N3O2.HI/c1-2-19-17(20-13-18(14-22)8-11-23-12-9-18)21-10-7-15-5-3-4-6-16(15)21;/h3-6,22H,2,7-14H2,1H3,(H,19,20);1H. The molecule has 24 heavy (non-hydrogen) atoms. The van der Waals surface area contributed by atoms with Gasteiger partial charge in [0.25, 0.3) is 0 Å². The molecule has 1 aromatic carbocycles. The number of nitrogens with zero attached hydrogens (tertiary/aromatic N) is 2. The van der Waals surface area contributed by atoms with Gasteiger partial charge in [-0.2, -0.15) is 0 Å². The van der Waals surface area contributed by atoms with Crippen LogP contribution in [0.25, 0.3) is 0 Å². The van der Waals surface area contributed by atoms with E-state index in [-0.39, 0.29) is 36.0 Å². The van der Waals surface area contributed by atoms with Crippen molar-refractivity contribution in [2.45, 2.75) is 26.2 Å². The predicted molar refractivity (Wildman–Crippen MR) is 108 cm³/mol. The summed E-state index contributed by atoms with van der Waals surface area (Å²) in [6.45, 7) is 6.16. The number of benzene rings is 1. The SMILES string of the molecule is CCNC(=NCC1(CO)CCOCC1)N1CCc2ccccc21.I. The van der Waals surface area contributed by atoms with Crippen molar-refractivity contribution in [1.29, 1.82) is 0 Å². The first kappa shape index (κ1) is 19.5. The number of halogens is 1. The lowest BCUT2D eigenvalue weighted by atomic mass is 9.81. The minimum absolute atomic E-state index is 0. The fraction of sp³-hybridized carbons (Fsp3) is 0.611. The molecule has 134 valence electrons. The van der Waals surface area contributed by atoms with Crippen molar-refractivity contribution in [3.8, 4) is 0 Å². The van der Waals surface area contributed by atoms with Gasteiger partial charge in [0.15, 0.2) is 5.96 Å². The summed E-state index contributed by atoms with van der Waals surface area (Å²) in [7, 11) is 0. The zero-order valence-corrected chi connectivity index (χ0v) is 16.7. The first-order valence-electron chi connectivity index (χ1n) is 8.60. The highest BCUT2D eigenvalue weighted by Crippen LogP contribution is 2.31. The van der Waals surface area contributed by atoms with Gasteiger partial charge in [-0.05, 0) is 37.8 Å². The Morgan fingerprint density at radius 3 is 2.79 bits per heavy atom. The minimum Gasteiger partial charge on any atom is -0.396 e. The topological polar surface area (TPSA) is 57.1 Å². The van der Waals surface area contributed by atoms with E-state index in [4.69, 9.17) is 9.73 Å². The molecule has 0 amide bonds. The van der Waals surface area contributed by atoms with Crippen molar-refractivity contribution < 1.29 is 9.84 Å². The molecule has 0 bridgehead atoms. The van der Waals surface area contributed by atoms with E-state index in [2.05, 4.69) is 41.4 Å². The second-order valence-corrected chi connectivity index (χ2v) is 6.47. The van der Waals surface area contributed by atoms with Gasteiger partial charge in [0.1, 0.15) is 0 Å². The molecule has 1 saturated heterocycles. The summed E-state index contributed by atoms with van der Waals surface area (Å²) in [6.07, 6.45) is 2.81. The van der Waals surface area contributed by atoms with Gasteiger partial charge in [-0.15, -0.1) is 24.0 Å². The van der Waals surface area contributed by atoms with Gasteiger partial charge in [-0.3, -0.25) is 4.99 Å². The van der Waals surface area contributed by atoms with Crippen molar-refractivity contribution in [2.75, 3.05) is 44.4 Å². The van der Waals surface area contributed by atoms with Crippen molar-refractivity contribution >= 4 is 35.6 Å². The summed E-state index contributed by atoms with van der Waals surface area (Å²) in [6, 6.07) is 8.52. The first-order chi connectivity index (χ1) is 11.3. The van der Waals surface area contributed by atoms with E-state index in [0.29, 0.717) is 6.54 Å². The Morgan fingerprint density at radius 2 is 2.08 bits per heavy atom. The second-order valence-electron chi connectivity index (χ2n) is 6.47. The minimum atomic E-state index is -0.127. The molecule has 5 nitrogen and oxygen atoms in total. The van der Waals surface area contributed by atoms with Crippen molar-refractivity contribution in [2.24, 2.45) is 10.4 Å². The number of aliphatic hydroxyl groups is 1. The molecule has 2 aliphatic heterocycles. The number of para-hydroxylation sites is 1. The summed E-state index contributed by atoms with van der Waals surface area (Å²) in [5, 5.41) is 13.3. The molecule has 0 saturated carbocycles. The third-order valence-corrected chi connectivity index (χ3v) is 4.93. The van der Waals surface area contributed by atoms with Crippen LogP contribution in [0.4, 0.5) is 5.69 Å². The quantitative estimate of drug-likeness (QED) is 0.425. The Morgan fingerprint density at radius 1 is 1.33 bits per heavy atom. The summed E-state index contributed by atoms with van der Waals surface area (Å²) in [5.74, 6) is 0.928. The van der Waals surface area contributed by atoms with Gasteiger partial charge in [0.05, 0.1) is 13.2 Å². The van der Waals surface area contributed by atoms with Crippen molar-refractivity contribution in [3.05, 3.63) is 29.8 Å². The van der Waals surface area contributed by atoms with E-state index in [0.717, 1.165) is 51.5 Å². The number of hydrogen-bond acceptors (Lipinski definition) is 3. The molecule has 0 aliphatic carbocycles. The Bertz CT molecular complexity index is 559. The van der Waals surface area contributed by atoms with Crippen LogP contribution in [-0.4, -0.2) is 50.5 Å². The van der Waals surface area contributed by atoms with Crippen LogP contribution in [-0.2, 0) is 11.2 Å². The molecule has 2 heterocycles. The van der Waals surface area contributed by atoms with Crippen molar-refractivity contribution in [1.82, 2.24) is 5.32 Å². The van der Waals surface area contributed by atoms with E-state index in [1.54, 1.807) is 0 Å². The Labute approximate surface area is 161 Å². The molecule has 6 heteroatoms. The average Bonchev–Trinajstić information content (AvgIpc) is 3.03. The van der Waals surface area contributed by atoms with Crippen LogP contribution in [0.2, 0.25) is 0 Å². The molecule has 1 fully saturated rings. The highest BCUT2D eigenvalue weighted by Gasteiger charge is 2.32. The Kier molecular flexibility index (Phi) is 7.31. The highest BCUT2D eigenvalue weighted by atomic mass is 127. The van der Waals surface area contributed by atoms with E-state index in [9.17, 15) is 5.11 Å². The van der Waals surface area contributed by atoms with Crippen LogP contribution in [0.3, 0.4) is 0 Å². The maximum atomic E-state index is 9.85. The van der Waals surface area contributed by atoms with Crippen molar-refractivity contribution in [3.63, 3.8) is 0 Å². The largest absolute Gasteiger partial charge is 0.396 e. The second kappa shape index (κ2) is 9.01. The van der Waals surface area contributed by atoms with E-state index in [1.807, 2.05) is 0 Å². The van der Waals surface area contributed by atoms with Crippen LogP contribution >= 0.6 is 24.0 Å². The van der Waals surface area contributed by atoms with E-state index >= 15 is 0 Å². The van der Waals surface area contributed by atoms with Gasteiger partial charge in [0.2, 0.25) is 0 Å². The molecule has 2 N–H and O–H groups in total. The smallest absolute Gasteiger partial charge is 0.198 e. The van der Waals surface area contributed by atoms with Crippen LogP contribution in [0.1, 0.15) is 25.3 Å². The zero-order valence-electron chi connectivity index (χ0n) is 14.3. The number of hydrogen-bond donors (Lipinski definition) is 2. The van der Waals surface area contributed by atoms with Gasteiger partial charge in [-0.1, -0.05) is 18.2 Å². The number of fused-ring (bicyclic) bond motifs is 1. The molecular formula is C18H28IN3O2. The average molecular weight is 445 g/mol. The summed E-state index contributed by atoms with van der Waals surface area (Å²) < 4.78 is 5.44. The van der Waals surface area contributed by atoms with Crippen LogP contribution < -0.4 is 10.2 Å². The molecular weight excluding hydrogens is 417 g/mol. The van der Waals surface area contributed by atoms with Gasteiger partial charge >= 0.3 is 0 Å². The number of anilines is 1. The molecule has 0 atom stereocenters.